The Bertz CT molecular complexity index is 1060. The number of phosphoric acid groups is 1. The largest absolute Gasteiger partial charge is 0.472 e. The summed E-state index contributed by atoms with van der Waals surface area (Å²) < 4.78 is 33.5. The third-order valence-electron chi connectivity index (χ3n) is 10.6. The lowest BCUT2D eigenvalue weighted by Crippen LogP contribution is -2.64. The van der Waals surface area contributed by atoms with E-state index in [1.807, 2.05) is 0 Å². The van der Waals surface area contributed by atoms with E-state index in [0.717, 1.165) is 57.8 Å². The van der Waals surface area contributed by atoms with Crippen LogP contribution in [0, 0.1) is 0 Å². The van der Waals surface area contributed by atoms with Gasteiger partial charge in [-0.05, 0) is 38.5 Å². The molecular weight excluding hydrogens is 755 g/mol. The van der Waals surface area contributed by atoms with Crippen LogP contribution >= 0.6 is 7.82 Å². The smallest absolute Gasteiger partial charge is 0.462 e. The van der Waals surface area contributed by atoms with Crippen LogP contribution in [0.3, 0.4) is 0 Å². The number of hydrogen-bond acceptors (Lipinski definition) is 12. The van der Waals surface area contributed by atoms with Crippen molar-refractivity contribution in [2.75, 3.05) is 13.2 Å². The molecule has 0 aromatic carbocycles. The fourth-order valence-corrected chi connectivity index (χ4v) is 7.90. The van der Waals surface area contributed by atoms with Crippen LogP contribution in [0.4, 0.5) is 0 Å². The molecule has 6 unspecified atom stereocenters. The van der Waals surface area contributed by atoms with Crippen LogP contribution in [0.25, 0.3) is 0 Å². The first-order valence-electron chi connectivity index (χ1n) is 22.5. The standard InChI is InChI=1S/C43H81O13P/c1-3-5-7-9-11-13-15-17-18-20-22-24-26-28-30-32-37(45)55-35(34-54-57(51,52)56-43-41(49)39(47)38(46)40(48)42(43)50)33-53-36(44)31-29-27-25-23-21-19-16-14-12-10-8-6-4-2/h14,16,35,38-43,46-50H,3-13,15,17-34H2,1-2H3,(H,51,52)/b16-14-/t35-,38?,39-,40?,41?,42?,43?/m1/s1. The summed E-state index contributed by atoms with van der Waals surface area (Å²) >= 11 is 0. The average molecular weight is 837 g/mol. The zero-order valence-corrected chi connectivity index (χ0v) is 36.3. The SMILES string of the molecule is CCCCCC/C=C\CCCCCCCC(=O)OC[C@H](COP(=O)(O)OC1C(O)C(O)C(O)[C@@H](O)C1O)OC(=O)CCCCCCCCCCCCCCCCC. The van der Waals surface area contributed by atoms with Crippen LogP contribution in [0.2, 0.25) is 0 Å². The van der Waals surface area contributed by atoms with E-state index in [9.17, 15) is 44.6 Å². The highest BCUT2D eigenvalue weighted by Crippen LogP contribution is 2.47. The van der Waals surface area contributed by atoms with Crippen molar-refractivity contribution in [3.8, 4) is 0 Å². The van der Waals surface area contributed by atoms with E-state index in [1.165, 1.54) is 96.3 Å². The molecule has 0 bridgehead atoms. The monoisotopic (exact) mass is 837 g/mol. The van der Waals surface area contributed by atoms with Gasteiger partial charge in [0.1, 0.15) is 43.2 Å². The van der Waals surface area contributed by atoms with Gasteiger partial charge in [0.05, 0.1) is 6.61 Å². The Balaban J connectivity index is 2.47. The van der Waals surface area contributed by atoms with Crippen molar-refractivity contribution < 1.29 is 63.1 Å². The van der Waals surface area contributed by atoms with Crippen molar-refractivity contribution in [3.05, 3.63) is 12.2 Å². The number of carbonyl (C=O) groups excluding carboxylic acids is 2. The van der Waals surface area contributed by atoms with Crippen molar-refractivity contribution in [2.45, 2.75) is 236 Å². The van der Waals surface area contributed by atoms with Crippen molar-refractivity contribution in [2.24, 2.45) is 0 Å². The quantitative estimate of drug-likeness (QED) is 0.0151. The lowest BCUT2D eigenvalue weighted by atomic mass is 9.85. The van der Waals surface area contributed by atoms with Gasteiger partial charge in [-0.2, -0.15) is 0 Å². The molecule has 57 heavy (non-hydrogen) atoms. The van der Waals surface area contributed by atoms with Crippen LogP contribution in [0.15, 0.2) is 12.2 Å². The zero-order chi connectivity index (χ0) is 42.2. The molecule has 0 radical (unpaired) electrons. The second-order valence-corrected chi connectivity index (χ2v) is 17.3. The number of unbranched alkanes of at least 4 members (excludes halogenated alkanes) is 23. The lowest BCUT2D eigenvalue weighted by Gasteiger charge is -2.41. The summed E-state index contributed by atoms with van der Waals surface area (Å²) in [7, 11) is -5.11. The molecule has 0 saturated heterocycles. The molecule has 336 valence electrons. The molecule has 8 atom stereocenters. The molecule has 1 aliphatic rings. The van der Waals surface area contributed by atoms with Gasteiger partial charge in [0.15, 0.2) is 6.10 Å². The van der Waals surface area contributed by atoms with Crippen LogP contribution in [-0.2, 0) is 32.7 Å². The highest BCUT2D eigenvalue weighted by atomic mass is 31.2. The van der Waals surface area contributed by atoms with Crippen LogP contribution in [0.1, 0.15) is 194 Å². The van der Waals surface area contributed by atoms with Gasteiger partial charge in [0, 0.05) is 12.8 Å². The Kier molecular flexibility index (Phi) is 32.3. The molecule has 0 aromatic heterocycles. The highest BCUT2D eigenvalue weighted by Gasteiger charge is 2.51. The maximum Gasteiger partial charge on any atom is 0.472 e. The van der Waals surface area contributed by atoms with Gasteiger partial charge in [-0.15, -0.1) is 0 Å². The molecule has 6 N–H and O–H groups in total. The molecule has 1 saturated carbocycles. The minimum Gasteiger partial charge on any atom is -0.462 e. The van der Waals surface area contributed by atoms with Gasteiger partial charge >= 0.3 is 19.8 Å². The fourth-order valence-electron chi connectivity index (χ4n) is 6.93. The number of hydrogen-bond donors (Lipinski definition) is 6. The maximum atomic E-state index is 12.8. The van der Waals surface area contributed by atoms with Gasteiger partial charge in [0.2, 0.25) is 0 Å². The van der Waals surface area contributed by atoms with E-state index in [0.29, 0.717) is 12.8 Å². The fraction of sp³-hybridized carbons (Fsp3) is 0.907. The van der Waals surface area contributed by atoms with Crippen molar-refractivity contribution >= 4 is 19.8 Å². The number of phosphoric ester groups is 1. The van der Waals surface area contributed by atoms with Gasteiger partial charge in [-0.3, -0.25) is 18.6 Å². The number of aliphatic hydroxyl groups excluding tert-OH is 5. The Hall–Kier alpha value is -1.41. The maximum absolute atomic E-state index is 12.8. The van der Waals surface area contributed by atoms with E-state index in [4.69, 9.17) is 18.5 Å². The second-order valence-electron chi connectivity index (χ2n) is 15.9. The minimum absolute atomic E-state index is 0.100. The van der Waals surface area contributed by atoms with Gasteiger partial charge in [-0.25, -0.2) is 4.57 Å². The molecular formula is C43H81O13P. The van der Waals surface area contributed by atoms with Crippen molar-refractivity contribution in [1.29, 1.82) is 0 Å². The van der Waals surface area contributed by atoms with E-state index in [-0.39, 0.29) is 12.8 Å². The number of esters is 2. The summed E-state index contributed by atoms with van der Waals surface area (Å²) in [4.78, 5) is 35.6. The average Bonchev–Trinajstić information content (AvgIpc) is 3.19. The van der Waals surface area contributed by atoms with E-state index in [1.54, 1.807) is 0 Å². The molecule has 0 aromatic rings. The molecule has 1 rings (SSSR count). The van der Waals surface area contributed by atoms with Crippen molar-refractivity contribution in [3.63, 3.8) is 0 Å². The Morgan fingerprint density at radius 1 is 0.526 bits per heavy atom. The molecule has 0 heterocycles. The first-order valence-corrected chi connectivity index (χ1v) is 24.0. The molecule has 0 aliphatic heterocycles. The Labute approximate surface area is 343 Å². The summed E-state index contributed by atoms with van der Waals surface area (Å²) in [6.07, 6.45) is 21.3. The van der Waals surface area contributed by atoms with E-state index in [2.05, 4.69) is 26.0 Å². The van der Waals surface area contributed by atoms with Crippen LogP contribution in [0.5, 0.6) is 0 Å². The van der Waals surface area contributed by atoms with E-state index < -0.39 is 75.7 Å². The number of carbonyl (C=O) groups is 2. The van der Waals surface area contributed by atoms with E-state index >= 15 is 0 Å². The topological polar surface area (TPSA) is 210 Å². The second kappa shape index (κ2) is 34.3. The third kappa shape index (κ3) is 27.1. The summed E-state index contributed by atoms with van der Waals surface area (Å²) in [6, 6.07) is 0. The minimum atomic E-state index is -5.11. The lowest BCUT2D eigenvalue weighted by molar-refractivity contribution is -0.220. The molecule has 14 heteroatoms. The van der Waals surface area contributed by atoms with Crippen molar-refractivity contribution in [1.82, 2.24) is 0 Å². The number of allylic oxidation sites excluding steroid dienone is 2. The number of rotatable bonds is 37. The first kappa shape index (κ1) is 53.6. The number of ether oxygens (including phenoxy) is 2. The third-order valence-corrected chi connectivity index (χ3v) is 11.6. The summed E-state index contributed by atoms with van der Waals surface area (Å²) in [6.45, 7) is 3.28. The number of aliphatic hydroxyl groups is 5. The van der Waals surface area contributed by atoms with Gasteiger partial charge < -0.3 is 39.9 Å². The van der Waals surface area contributed by atoms with Gasteiger partial charge in [-0.1, -0.05) is 154 Å². The summed E-state index contributed by atoms with van der Waals surface area (Å²) in [5.74, 6) is -1.10. The summed E-state index contributed by atoms with van der Waals surface area (Å²) in [5.41, 5.74) is 0. The molecule has 1 aliphatic carbocycles. The summed E-state index contributed by atoms with van der Waals surface area (Å²) in [5, 5.41) is 50.1. The Morgan fingerprint density at radius 3 is 1.35 bits per heavy atom. The predicted molar refractivity (Wildman–Crippen MR) is 221 cm³/mol. The highest BCUT2D eigenvalue weighted by molar-refractivity contribution is 7.47. The predicted octanol–water partition coefficient (Wildman–Crippen LogP) is 8.28. The first-order chi connectivity index (χ1) is 27.4. The van der Waals surface area contributed by atoms with Crippen LogP contribution in [-0.4, -0.2) is 98.3 Å². The van der Waals surface area contributed by atoms with Gasteiger partial charge in [0.25, 0.3) is 0 Å². The zero-order valence-electron chi connectivity index (χ0n) is 35.4. The molecule has 0 amide bonds. The van der Waals surface area contributed by atoms with Crippen LogP contribution < -0.4 is 0 Å². The normalized spacial score (nSPS) is 22.7. The molecule has 13 nitrogen and oxygen atoms in total. The molecule has 1 fully saturated rings. The molecule has 0 spiro atoms. The Morgan fingerprint density at radius 2 is 0.895 bits per heavy atom.